The monoisotopic (exact) mass is 315 g/mol. The van der Waals surface area contributed by atoms with E-state index in [2.05, 4.69) is 25.3 Å². The summed E-state index contributed by atoms with van der Waals surface area (Å²) in [5.41, 5.74) is -0.984. The van der Waals surface area contributed by atoms with Crippen LogP contribution in [0.3, 0.4) is 0 Å². The van der Waals surface area contributed by atoms with Gasteiger partial charge in [-0.1, -0.05) is 6.92 Å². The number of hydrogen-bond donors (Lipinski definition) is 1. The standard InChI is InChI=1S/C12H12F3N5S/c1-2-3-18-11-19-8(12(13,14)15)6-9(20-11)21-10-7-16-4-5-17-10/h4-7H,2-3H2,1H3,(H,18,19,20). The molecule has 0 aromatic carbocycles. The fourth-order valence-electron chi connectivity index (χ4n) is 1.38. The molecule has 0 aliphatic rings. The van der Waals surface area contributed by atoms with Crippen molar-refractivity contribution < 1.29 is 13.2 Å². The van der Waals surface area contributed by atoms with Crippen LogP contribution in [-0.2, 0) is 6.18 Å². The summed E-state index contributed by atoms with van der Waals surface area (Å²) < 4.78 is 38.6. The molecule has 21 heavy (non-hydrogen) atoms. The van der Waals surface area contributed by atoms with E-state index in [1.54, 1.807) is 0 Å². The van der Waals surface area contributed by atoms with Crippen molar-refractivity contribution in [2.45, 2.75) is 29.6 Å². The van der Waals surface area contributed by atoms with Gasteiger partial charge in [0.15, 0.2) is 5.69 Å². The minimum atomic E-state index is -4.52. The Morgan fingerprint density at radius 1 is 1.19 bits per heavy atom. The second kappa shape index (κ2) is 6.70. The molecule has 9 heteroatoms. The average molecular weight is 315 g/mol. The van der Waals surface area contributed by atoms with Crippen LogP contribution in [0, 0.1) is 0 Å². The lowest BCUT2D eigenvalue weighted by Crippen LogP contribution is -2.13. The highest BCUT2D eigenvalue weighted by Crippen LogP contribution is 2.32. The highest BCUT2D eigenvalue weighted by Gasteiger charge is 2.33. The van der Waals surface area contributed by atoms with Gasteiger partial charge in [-0.05, 0) is 18.2 Å². The zero-order valence-electron chi connectivity index (χ0n) is 11.1. The summed E-state index contributed by atoms with van der Waals surface area (Å²) in [4.78, 5) is 15.4. The predicted octanol–water partition coefficient (Wildman–Crippen LogP) is 3.26. The van der Waals surface area contributed by atoms with E-state index in [0.717, 1.165) is 24.2 Å². The number of nitrogens with zero attached hydrogens (tertiary/aromatic N) is 4. The molecule has 0 radical (unpaired) electrons. The van der Waals surface area contributed by atoms with Crippen LogP contribution >= 0.6 is 11.8 Å². The smallest absolute Gasteiger partial charge is 0.354 e. The number of rotatable bonds is 5. The highest BCUT2D eigenvalue weighted by molar-refractivity contribution is 7.99. The Hall–Kier alpha value is -1.90. The molecule has 0 saturated carbocycles. The van der Waals surface area contributed by atoms with Crippen molar-refractivity contribution in [3.63, 3.8) is 0 Å². The first-order valence-electron chi connectivity index (χ1n) is 6.13. The van der Waals surface area contributed by atoms with E-state index in [1.165, 1.54) is 18.6 Å². The third kappa shape index (κ3) is 4.55. The van der Waals surface area contributed by atoms with Crippen molar-refractivity contribution in [3.8, 4) is 0 Å². The number of halogens is 3. The van der Waals surface area contributed by atoms with E-state index in [1.807, 2.05) is 6.92 Å². The second-order valence-corrected chi connectivity index (χ2v) is 5.03. The van der Waals surface area contributed by atoms with E-state index in [0.29, 0.717) is 11.6 Å². The summed E-state index contributed by atoms with van der Waals surface area (Å²) in [7, 11) is 0. The Bertz CT molecular complexity index is 591. The van der Waals surface area contributed by atoms with Crippen molar-refractivity contribution in [1.29, 1.82) is 0 Å². The molecule has 2 aromatic rings. The fourth-order valence-corrected chi connectivity index (χ4v) is 2.13. The van der Waals surface area contributed by atoms with E-state index >= 15 is 0 Å². The molecule has 0 amide bonds. The molecule has 0 bridgehead atoms. The van der Waals surface area contributed by atoms with Gasteiger partial charge >= 0.3 is 6.18 Å². The summed E-state index contributed by atoms with van der Waals surface area (Å²) in [5, 5.41) is 3.39. The molecule has 2 rings (SSSR count). The van der Waals surface area contributed by atoms with Crippen LogP contribution < -0.4 is 5.32 Å². The molecule has 112 valence electrons. The van der Waals surface area contributed by atoms with E-state index in [9.17, 15) is 13.2 Å². The molecule has 0 atom stereocenters. The lowest BCUT2D eigenvalue weighted by atomic mass is 10.4. The predicted molar refractivity (Wildman–Crippen MR) is 72.0 cm³/mol. The van der Waals surface area contributed by atoms with Crippen molar-refractivity contribution >= 4 is 17.7 Å². The normalized spacial score (nSPS) is 11.4. The van der Waals surface area contributed by atoms with Crippen molar-refractivity contribution in [3.05, 3.63) is 30.4 Å². The van der Waals surface area contributed by atoms with Crippen LogP contribution in [0.2, 0.25) is 0 Å². The number of nitrogens with one attached hydrogen (secondary N) is 1. The summed E-state index contributed by atoms with van der Waals surface area (Å²) in [6.45, 7) is 2.40. The molecule has 2 heterocycles. The van der Waals surface area contributed by atoms with Gasteiger partial charge in [-0.2, -0.15) is 13.2 Å². The van der Waals surface area contributed by atoms with E-state index in [-0.39, 0.29) is 11.0 Å². The molecule has 0 saturated heterocycles. The van der Waals surface area contributed by atoms with E-state index in [4.69, 9.17) is 0 Å². The maximum absolute atomic E-state index is 12.9. The molecule has 0 spiro atoms. The number of alkyl halides is 3. The Balaban J connectivity index is 2.30. The van der Waals surface area contributed by atoms with Gasteiger partial charge in [0.2, 0.25) is 5.95 Å². The topological polar surface area (TPSA) is 63.6 Å². The minimum absolute atomic E-state index is 0.0435. The summed E-state index contributed by atoms with van der Waals surface area (Å²) in [6, 6.07) is 0.899. The van der Waals surface area contributed by atoms with Gasteiger partial charge in [0.1, 0.15) is 10.1 Å². The molecule has 0 unspecified atom stereocenters. The molecule has 0 fully saturated rings. The lowest BCUT2D eigenvalue weighted by molar-refractivity contribution is -0.141. The van der Waals surface area contributed by atoms with Crippen LogP contribution in [-0.4, -0.2) is 26.5 Å². The van der Waals surface area contributed by atoms with Crippen molar-refractivity contribution in [2.24, 2.45) is 0 Å². The molecule has 2 aromatic heterocycles. The maximum atomic E-state index is 12.9. The first-order chi connectivity index (χ1) is 9.99. The summed E-state index contributed by atoms with van der Waals surface area (Å²) in [6.07, 6.45) is 0.637. The van der Waals surface area contributed by atoms with Gasteiger partial charge in [0.25, 0.3) is 0 Å². The minimum Gasteiger partial charge on any atom is -0.354 e. The highest BCUT2D eigenvalue weighted by atomic mass is 32.2. The third-order valence-corrected chi connectivity index (χ3v) is 3.11. The Morgan fingerprint density at radius 3 is 2.62 bits per heavy atom. The number of hydrogen-bond acceptors (Lipinski definition) is 6. The fraction of sp³-hybridized carbons (Fsp3) is 0.333. The quantitative estimate of drug-likeness (QED) is 0.855. The third-order valence-electron chi connectivity index (χ3n) is 2.27. The van der Waals surface area contributed by atoms with Crippen molar-refractivity contribution in [1.82, 2.24) is 19.9 Å². The first-order valence-corrected chi connectivity index (χ1v) is 6.94. The molecular formula is C12H12F3N5S. The summed E-state index contributed by atoms with van der Waals surface area (Å²) >= 11 is 1.00. The number of aromatic nitrogens is 4. The zero-order valence-corrected chi connectivity index (χ0v) is 11.9. The Kier molecular flexibility index (Phi) is 4.94. The first kappa shape index (κ1) is 15.5. The maximum Gasteiger partial charge on any atom is 0.433 e. The Morgan fingerprint density at radius 2 is 2.00 bits per heavy atom. The van der Waals surface area contributed by atoms with Gasteiger partial charge in [0.05, 0.1) is 6.20 Å². The van der Waals surface area contributed by atoms with Gasteiger partial charge in [-0.3, -0.25) is 4.98 Å². The summed E-state index contributed by atoms with van der Waals surface area (Å²) in [5.74, 6) is -0.0435. The Labute approximate surface area is 123 Å². The molecule has 0 aliphatic heterocycles. The van der Waals surface area contributed by atoms with Crippen molar-refractivity contribution in [2.75, 3.05) is 11.9 Å². The van der Waals surface area contributed by atoms with Crippen LogP contribution in [0.1, 0.15) is 19.0 Å². The SMILES string of the molecule is CCCNc1nc(Sc2cnccn2)cc(C(F)(F)F)n1. The number of anilines is 1. The average Bonchev–Trinajstić information content (AvgIpc) is 2.45. The van der Waals surface area contributed by atoms with Crippen LogP contribution in [0.5, 0.6) is 0 Å². The largest absolute Gasteiger partial charge is 0.433 e. The second-order valence-electron chi connectivity index (χ2n) is 3.99. The van der Waals surface area contributed by atoms with E-state index < -0.39 is 11.9 Å². The molecule has 0 aliphatic carbocycles. The van der Waals surface area contributed by atoms with Gasteiger partial charge in [-0.25, -0.2) is 15.0 Å². The van der Waals surface area contributed by atoms with Crippen LogP contribution in [0.4, 0.5) is 19.1 Å². The van der Waals surface area contributed by atoms with Gasteiger partial charge < -0.3 is 5.32 Å². The van der Waals surface area contributed by atoms with Gasteiger partial charge in [-0.15, -0.1) is 0 Å². The molecule has 1 N–H and O–H groups in total. The molecule has 5 nitrogen and oxygen atoms in total. The van der Waals surface area contributed by atoms with Crippen LogP contribution in [0.15, 0.2) is 34.7 Å². The zero-order chi connectivity index (χ0) is 15.3. The van der Waals surface area contributed by atoms with Gasteiger partial charge in [0, 0.05) is 25.0 Å². The molecular weight excluding hydrogens is 303 g/mol. The lowest BCUT2D eigenvalue weighted by Gasteiger charge is -2.10. The van der Waals surface area contributed by atoms with Crippen LogP contribution in [0.25, 0.3) is 0 Å².